The van der Waals surface area contributed by atoms with Crippen LogP contribution in [0.2, 0.25) is 0 Å². The van der Waals surface area contributed by atoms with Crippen LogP contribution in [-0.4, -0.2) is 37.7 Å². The third-order valence-electron chi connectivity index (χ3n) is 5.50. The molecule has 1 atom stereocenters. The minimum atomic E-state index is -0.242. The van der Waals surface area contributed by atoms with Gasteiger partial charge in [-0.05, 0) is 61.8 Å². The second-order valence-corrected chi connectivity index (χ2v) is 8.70. The van der Waals surface area contributed by atoms with Gasteiger partial charge in [-0.1, -0.05) is 18.6 Å². The van der Waals surface area contributed by atoms with Crippen LogP contribution in [0, 0.1) is 0 Å². The molecule has 0 bridgehead atoms. The van der Waals surface area contributed by atoms with Gasteiger partial charge in [0.25, 0.3) is 5.56 Å². The van der Waals surface area contributed by atoms with Gasteiger partial charge in [-0.2, -0.15) is 16.9 Å². The highest BCUT2D eigenvalue weighted by Gasteiger charge is 2.20. The van der Waals surface area contributed by atoms with E-state index in [0.717, 1.165) is 72.4 Å². The van der Waals surface area contributed by atoms with Crippen LogP contribution < -0.4 is 10.9 Å². The Morgan fingerprint density at radius 2 is 2.10 bits per heavy atom. The van der Waals surface area contributed by atoms with E-state index in [1.807, 2.05) is 30.5 Å². The standard InChI is InChI=1S/C22H27N5O2S/c1-30-12-11-19(22-24-17-9-5-6-10-18(17)25-22)23-20(28)14-27-21(29)13-15-7-3-2-4-8-16(15)26-27/h5-6,9-10,13,19H,2-4,7-8,11-12,14H2,1H3,(H,23,28)(H,24,25)/t19-/m0/s1. The molecule has 2 aromatic heterocycles. The maximum atomic E-state index is 12.8. The molecule has 0 radical (unpaired) electrons. The van der Waals surface area contributed by atoms with Crippen molar-refractivity contribution in [2.45, 2.75) is 51.1 Å². The van der Waals surface area contributed by atoms with Crippen LogP contribution in [0.15, 0.2) is 35.1 Å². The Labute approximate surface area is 179 Å². The zero-order valence-electron chi connectivity index (χ0n) is 17.2. The average Bonchev–Trinajstić information content (AvgIpc) is 3.05. The maximum Gasteiger partial charge on any atom is 0.267 e. The van der Waals surface area contributed by atoms with Crippen molar-refractivity contribution < 1.29 is 4.79 Å². The fourth-order valence-corrected chi connectivity index (χ4v) is 4.39. The first-order chi connectivity index (χ1) is 14.6. The van der Waals surface area contributed by atoms with Crippen molar-refractivity contribution in [2.75, 3.05) is 12.0 Å². The highest BCUT2D eigenvalue weighted by Crippen LogP contribution is 2.20. The summed E-state index contributed by atoms with van der Waals surface area (Å²) in [7, 11) is 0. The van der Waals surface area contributed by atoms with E-state index in [-0.39, 0.29) is 24.1 Å². The van der Waals surface area contributed by atoms with Crippen LogP contribution in [0.5, 0.6) is 0 Å². The highest BCUT2D eigenvalue weighted by molar-refractivity contribution is 7.98. The average molecular weight is 426 g/mol. The van der Waals surface area contributed by atoms with Gasteiger partial charge in [0.15, 0.2) is 0 Å². The molecule has 8 heteroatoms. The lowest BCUT2D eigenvalue weighted by Crippen LogP contribution is -2.36. The largest absolute Gasteiger partial charge is 0.345 e. The number of fused-ring (bicyclic) bond motifs is 2. The predicted molar refractivity (Wildman–Crippen MR) is 120 cm³/mol. The van der Waals surface area contributed by atoms with E-state index in [0.29, 0.717) is 0 Å². The Bertz CT molecular complexity index is 1060. The molecule has 158 valence electrons. The zero-order valence-corrected chi connectivity index (χ0v) is 18.0. The third kappa shape index (κ3) is 4.75. The zero-order chi connectivity index (χ0) is 20.9. The van der Waals surface area contributed by atoms with E-state index in [1.165, 1.54) is 4.68 Å². The summed E-state index contributed by atoms with van der Waals surface area (Å²) in [4.78, 5) is 33.2. The number of thioether (sulfide) groups is 1. The summed E-state index contributed by atoms with van der Waals surface area (Å²) in [5.74, 6) is 1.39. The molecular formula is C22H27N5O2S. The van der Waals surface area contributed by atoms with Crippen LogP contribution in [0.1, 0.15) is 48.8 Å². The van der Waals surface area contributed by atoms with Gasteiger partial charge in [0.1, 0.15) is 12.4 Å². The number of hydrogen-bond donors (Lipinski definition) is 2. The number of benzene rings is 1. The normalized spacial score (nSPS) is 14.8. The first-order valence-electron chi connectivity index (χ1n) is 10.5. The lowest BCUT2D eigenvalue weighted by Gasteiger charge is -2.17. The van der Waals surface area contributed by atoms with Gasteiger partial charge in [0.05, 0.1) is 22.8 Å². The van der Waals surface area contributed by atoms with Gasteiger partial charge >= 0.3 is 0 Å². The smallest absolute Gasteiger partial charge is 0.267 e. The minimum absolute atomic E-state index is 0.0812. The molecule has 1 aliphatic carbocycles. The number of carbonyl (C=O) groups excluding carboxylic acids is 1. The van der Waals surface area contributed by atoms with Gasteiger partial charge in [-0.25, -0.2) is 9.67 Å². The Kier molecular flexibility index (Phi) is 6.52. The number of H-pyrrole nitrogens is 1. The second-order valence-electron chi connectivity index (χ2n) is 7.71. The number of rotatable bonds is 7. The summed E-state index contributed by atoms with van der Waals surface area (Å²) < 4.78 is 1.30. The quantitative estimate of drug-likeness (QED) is 0.568. The molecular weight excluding hydrogens is 398 g/mol. The Hall–Kier alpha value is -2.61. The number of nitrogens with zero attached hydrogens (tertiary/aromatic N) is 3. The van der Waals surface area contributed by atoms with Crippen molar-refractivity contribution in [1.82, 2.24) is 25.1 Å². The highest BCUT2D eigenvalue weighted by atomic mass is 32.2. The molecule has 30 heavy (non-hydrogen) atoms. The fraction of sp³-hybridized carbons (Fsp3) is 0.455. The number of amides is 1. The number of nitrogens with one attached hydrogen (secondary N) is 2. The van der Waals surface area contributed by atoms with Gasteiger partial charge in [-0.3, -0.25) is 9.59 Å². The number of aryl methyl sites for hydroxylation is 2. The van der Waals surface area contributed by atoms with E-state index >= 15 is 0 Å². The van der Waals surface area contributed by atoms with Gasteiger partial charge < -0.3 is 10.3 Å². The Morgan fingerprint density at radius 1 is 1.27 bits per heavy atom. The predicted octanol–water partition coefficient (Wildman–Crippen LogP) is 3.00. The number of para-hydroxylation sites is 2. The molecule has 4 rings (SSSR count). The van der Waals surface area contributed by atoms with Crippen LogP contribution in [0.4, 0.5) is 0 Å². The minimum Gasteiger partial charge on any atom is -0.345 e. The molecule has 2 N–H and O–H groups in total. The summed E-state index contributed by atoms with van der Waals surface area (Å²) >= 11 is 1.72. The van der Waals surface area contributed by atoms with Crippen LogP contribution in [-0.2, 0) is 24.2 Å². The number of imidazole rings is 1. The van der Waals surface area contributed by atoms with Crippen molar-refractivity contribution in [3.05, 3.63) is 57.8 Å². The molecule has 1 amide bonds. The number of aromatic amines is 1. The van der Waals surface area contributed by atoms with Crippen LogP contribution in [0.3, 0.4) is 0 Å². The van der Waals surface area contributed by atoms with Gasteiger partial charge in [-0.15, -0.1) is 0 Å². The van der Waals surface area contributed by atoms with Crippen molar-refractivity contribution in [1.29, 1.82) is 0 Å². The molecule has 7 nitrogen and oxygen atoms in total. The second kappa shape index (κ2) is 9.47. The summed E-state index contributed by atoms with van der Waals surface area (Å²) in [5, 5.41) is 7.56. The van der Waals surface area contributed by atoms with Crippen molar-refractivity contribution in [3.63, 3.8) is 0 Å². The first-order valence-corrected chi connectivity index (χ1v) is 11.9. The van der Waals surface area contributed by atoms with Gasteiger partial charge in [0.2, 0.25) is 5.91 Å². The number of carbonyl (C=O) groups is 1. The van der Waals surface area contributed by atoms with Crippen molar-refractivity contribution in [3.8, 4) is 0 Å². The summed E-state index contributed by atoms with van der Waals surface area (Å²) in [6.07, 6.45) is 7.87. The molecule has 1 aliphatic rings. The molecule has 0 fully saturated rings. The third-order valence-corrected chi connectivity index (χ3v) is 6.14. The van der Waals surface area contributed by atoms with E-state index < -0.39 is 0 Å². The lowest BCUT2D eigenvalue weighted by molar-refractivity contribution is -0.122. The number of aromatic nitrogens is 4. The van der Waals surface area contributed by atoms with Gasteiger partial charge in [0, 0.05) is 6.07 Å². The van der Waals surface area contributed by atoms with Crippen LogP contribution >= 0.6 is 11.8 Å². The van der Waals surface area contributed by atoms with E-state index in [9.17, 15) is 9.59 Å². The monoisotopic (exact) mass is 425 g/mol. The van der Waals surface area contributed by atoms with Crippen molar-refractivity contribution >= 4 is 28.7 Å². The summed E-state index contributed by atoms with van der Waals surface area (Å²) in [6.45, 7) is -0.0812. The summed E-state index contributed by atoms with van der Waals surface area (Å²) in [6, 6.07) is 9.23. The summed E-state index contributed by atoms with van der Waals surface area (Å²) in [5.41, 5.74) is 3.60. The molecule has 0 saturated heterocycles. The molecule has 0 aliphatic heterocycles. The maximum absolute atomic E-state index is 12.8. The SMILES string of the molecule is CSCC[C@H](NC(=O)Cn1nc2c(cc1=O)CCCCC2)c1nc2ccccc2[nH]1. The van der Waals surface area contributed by atoms with E-state index in [2.05, 4.69) is 20.4 Å². The molecule has 0 saturated carbocycles. The molecule has 3 aromatic rings. The Morgan fingerprint density at radius 3 is 2.93 bits per heavy atom. The van der Waals surface area contributed by atoms with E-state index in [1.54, 1.807) is 17.8 Å². The Balaban J connectivity index is 1.51. The van der Waals surface area contributed by atoms with Crippen molar-refractivity contribution in [2.24, 2.45) is 0 Å². The first kappa shape index (κ1) is 20.7. The number of hydrogen-bond acceptors (Lipinski definition) is 5. The fourth-order valence-electron chi connectivity index (χ4n) is 3.92. The van der Waals surface area contributed by atoms with Crippen LogP contribution in [0.25, 0.3) is 11.0 Å². The van der Waals surface area contributed by atoms with E-state index in [4.69, 9.17) is 0 Å². The molecule has 1 aromatic carbocycles. The molecule has 2 heterocycles. The lowest BCUT2D eigenvalue weighted by atomic mass is 10.1. The molecule has 0 unspecified atom stereocenters. The molecule has 0 spiro atoms. The topological polar surface area (TPSA) is 92.7 Å².